The van der Waals surface area contributed by atoms with Gasteiger partial charge < -0.3 is 5.32 Å². The third-order valence-electron chi connectivity index (χ3n) is 3.12. The average Bonchev–Trinajstić information content (AvgIpc) is 2.53. The van der Waals surface area contributed by atoms with Crippen LogP contribution in [0.1, 0.15) is 17.5 Å². The maximum absolute atomic E-state index is 12.1. The zero-order chi connectivity index (χ0) is 16.7. The molecule has 0 amide bonds. The zero-order valence-electron chi connectivity index (χ0n) is 12.4. The van der Waals surface area contributed by atoms with Crippen molar-refractivity contribution < 1.29 is 8.42 Å². The van der Waals surface area contributed by atoms with Gasteiger partial charge in [0.15, 0.2) is 9.84 Å². The fourth-order valence-corrected chi connectivity index (χ4v) is 3.69. The van der Waals surface area contributed by atoms with E-state index < -0.39 is 9.84 Å². The highest BCUT2D eigenvalue weighted by Crippen LogP contribution is 2.19. The fraction of sp³-hybridized carbons (Fsp3) is 0.250. The number of aromatic nitrogens is 1. The molecule has 0 aliphatic carbocycles. The molecular weight excluding hydrogens is 334 g/mol. The van der Waals surface area contributed by atoms with Crippen LogP contribution in [-0.2, 0) is 15.6 Å². The third-order valence-corrected chi connectivity index (χ3v) is 5.10. The summed E-state index contributed by atoms with van der Waals surface area (Å²) >= 11 is 5.99. The van der Waals surface area contributed by atoms with Gasteiger partial charge in [0.05, 0.1) is 22.1 Å². The summed E-state index contributed by atoms with van der Waals surface area (Å²) in [5, 5.41) is 12.1. The van der Waals surface area contributed by atoms with Crippen molar-refractivity contribution in [2.45, 2.75) is 12.2 Å². The van der Waals surface area contributed by atoms with Gasteiger partial charge in [-0.1, -0.05) is 41.9 Å². The van der Waals surface area contributed by atoms with Crippen molar-refractivity contribution in [1.82, 2.24) is 4.98 Å². The number of hydrogen-bond donors (Lipinski definition) is 1. The van der Waals surface area contributed by atoms with Gasteiger partial charge in [0.25, 0.3) is 0 Å². The van der Waals surface area contributed by atoms with Crippen LogP contribution in [0.15, 0.2) is 42.6 Å². The largest absolute Gasteiger partial charge is 0.369 e. The standard InChI is InChI=1S/C16H16ClN3O2S/c17-15-9-14(10-18)11-20-16(15)19-7-4-8-23(21,22)12-13-5-2-1-3-6-13/h1-3,5-6,9,11H,4,7-8,12H2,(H,19,20). The lowest BCUT2D eigenvalue weighted by Gasteiger charge is -2.08. The molecule has 2 rings (SSSR count). The molecule has 0 radical (unpaired) electrons. The molecule has 1 heterocycles. The number of halogens is 1. The lowest BCUT2D eigenvalue weighted by atomic mass is 10.2. The van der Waals surface area contributed by atoms with Crippen LogP contribution in [0.2, 0.25) is 5.02 Å². The van der Waals surface area contributed by atoms with E-state index in [0.717, 1.165) is 5.56 Å². The van der Waals surface area contributed by atoms with Gasteiger partial charge in [-0.25, -0.2) is 13.4 Å². The van der Waals surface area contributed by atoms with E-state index in [-0.39, 0.29) is 11.5 Å². The van der Waals surface area contributed by atoms with Crippen molar-refractivity contribution in [2.24, 2.45) is 0 Å². The quantitative estimate of drug-likeness (QED) is 0.777. The van der Waals surface area contributed by atoms with Gasteiger partial charge in [-0.3, -0.25) is 0 Å². The van der Waals surface area contributed by atoms with Crippen LogP contribution < -0.4 is 5.32 Å². The van der Waals surface area contributed by atoms with E-state index >= 15 is 0 Å². The summed E-state index contributed by atoms with van der Waals surface area (Å²) in [6, 6.07) is 12.6. The molecule has 0 saturated heterocycles. The van der Waals surface area contributed by atoms with E-state index in [4.69, 9.17) is 16.9 Å². The minimum absolute atomic E-state index is 0.0453. The van der Waals surface area contributed by atoms with Crippen molar-refractivity contribution in [3.8, 4) is 6.07 Å². The number of rotatable bonds is 7. The van der Waals surface area contributed by atoms with E-state index in [9.17, 15) is 8.42 Å². The normalized spacial score (nSPS) is 11.0. The highest BCUT2D eigenvalue weighted by Gasteiger charge is 2.11. The van der Waals surface area contributed by atoms with E-state index in [1.54, 1.807) is 12.1 Å². The van der Waals surface area contributed by atoms with Crippen LogP contribution in [0.4, 0.5) is 5.82 Å². The number of nitrogens with zero attached hydrogens (tertiary/aromatic N) is 2. The van der Waals surface area contributed by atoms with Gasteiger partial charge in [-0.05, 0) is 18.1 Å². The predicted octanol–water partition coefficient (Wildman–Crippen LogP) is 3.02. The van der Waals surface area contributed by atoms with Crippen molar-refractivity contribution in [3.05, 3.63) is 58.7 Å². The van der Waals surface area contributed by atoms with Crippen LogP contribution in [0.3, 0.4) is 0 Å². The first-order valence-corrected chi connectivity index (χ1v) is 9.24. The minimum atomic E-state index is -3.15. The third kappa shape index (κ3) is 5.55. The fourth-order valence-electron chi connectivity index (χ4n) is 2.03. The molecule has 0 aliphatic heterocycles. The Balaban J connectivity index is 1.82. The second kappa shape index (κ2) is 7.95. The van der Waals surface area contributed by atoms with Crippen molar-refractivity contribution >= 4 is 27.3 Å². The summed E-state index contributed by atoms with van der Waals surface area (Å²) in [5.41, 5.74) is 1.17. The molecule has 2 aromatic rings. The SMILES string of the molecule is N#Cc1cnc(NCCCS(=O)(=O)Cc2ccccc2)c(Cl)c1. The summed E-state index contributed by atoms with van der Waals surface area (Å²) in [4.78, 5) is 4.04. The molecule has 0 bridgehead atoms. The van der Waals surface area contributed by atoms with Gasteiger partial charge in [-0.2, -0.15) is 5.26 Å². The Morgan fingerprint density at radius 1 is 1.26 bits per heavy atom. The first kappa shape index (κ1) is 17.3. The molecular formula is C16H16ClN3O2S. The molecule has 23 heavy (non-hydrogen) atoms. The summed E-state index contributed by atoms with van der Waals surface area (Å²) in [6.45, 7) is 0.437. The topological polar surface area (TPSA) is 82.8 Å². The van der Waals surface area contributed by atoms with E-state index in [2.05, 4.69) is 10.3 Å². The molecule has 7 heteroatoms. The Morgan fingerprint density at radius 2 is 2.00 bits per heavy atom. The van der Waals surface area contributed by atoms with E-state index in [1.807, 2.05) is 24.3 Å². The van der Waals surface area contributed by atoms with Crippen molar-refractivity contribution in [1.29, 1.82) is 5.26 Å². The predicted molar refractivity (Wildman–Crippen MR) is 91.0 cm³/mol. The highest BCUT2D eigenvalue weighted by molar-refractivity contribution is 7.90. The molecule has 0 saturated carbocycles. The number of nitrogens with one attached hydrogen (secondary N) is 1. The molecule has 0 aliphatic rings. The zero-order valence-corrected chi connectivity index (χ0v) is 13.9. The number of anilines is 1. The van der Waals surface area contributed by atoms with Gasteiger partial charge in [-0.15, -0.1) is 0 Å². The van der Waals surface area contributed by atoms with E-state index in [0.29, 0.717) is 29.4 Å². The van der Waals surface area contributed by atoms with Crippen LogP contribution in [0, 0.1) is 11.3 Å². The first-order valence-electron chi connectivity index (χ1n) is 7.04. The summed E-state index contributed by atoms with van der Waals surface area (Å²) < 4.78 is 24.1. The molecule has 1 aromatic carbocycles. The number of benzene rings is 1. The summed E-state index contributed by atoms with van der Waals surface area (Å²) in [7, 11) is -3.15. The second-order valence-electron chi connectivity index (χ2n) is 5.02. The maximum atomic E-state index is 12.1. The molecule has 0 unspecified atom stereocenters. The summed E-state index contributed by atoms with van der Waals surface area (Å²) in [5.74, 6) is 0.582. The van der Waals surface area contributed by atoms with Gasteiger partial charge in [0.2, 0.25) is 0 Å². The Kier molecular flexibility index (Phi) is 5.97. The van der Waals surface area contributed by atoms with Crippen LogP contribution in [-0.4, -0.2) is 25.7 Å². The van der Waals surface area contributed by atoms with Gasteiger partial charge in [0, 0.05) is 12.7 Å². The average molecular weight is 350 g/mol. The number of sulfone groups is 1. The number of pyridine rings is 1. The molecule has 1 N–H and O–H groups in total. The maximum Gasteiger partial charge on any atom is 0.154 e. The summed E-state index contributed by atoms with van der Waals surface area (Å²) in [6.07, 6.45) is 1.87. The Labute approximate surface area is 140 Å². The monoisotopic (exact) mass is 349 g/mol. The minimum Gasteiger partial charge on any atom is -0.369 e. The lowest BCUT2D eigenvalue weighted by molar-refractivity contribution is 0.593. The lowest BCUT2D eigenvalue weighted by Crippen LogP contribution is -2.13. The van der Waals surface area contributed by atoms with Crippen LogP contribution >= 0.6 is 11.6 Å². The Bertz CT molecular complexity index is 802. The molecule has 1 aromatic heterocycles. The molecule has 5 nitrogen and oxygen atoms in total. The van der Waals surface area contributed by atoms with Crippen LogP contribution in [0.25, 0.3) is 0 Å². The van der Waals surface area contributed by atoms with Gasteiger partial charge >= 0.3 is 0 Å². The van der Waals surface area contributed by atoms with Crippen LogP contribution in [0.5, 0.6) is 0 Å². The molecule has 0 spiro atoms. The van der Waals surface area contributed by atoms with Crippen molar-refractivity contribution in [2.75, 3.05) is 17.6 Å². The Morgan fingerprint density at radius 3 is 2.65 bits per heavy atom. The number of nitriles is 1. The smallest absolute Gasteiger partial charge is 0.154 e. The highest BCUT2D eigenvalue weighted by atomic mass is 35.5. The second-order valence-corrected chi connectivity index (χ2v) is 7.62. The van der Waals surface area contributed by atoms with Crippen molar-refractivity contribution in [3.63, 3.8) is 0 Å². The Hall–Kier alpha value is -2.10. The first-order chi connectivity index (χ1) is 11.0. The number of hydrogen-bond acceptors (Lipinski definition) is 5. The molecule has 0 atom stereocenters. The van der Waals surface area contributed by atoms with Gasteiger partial charge in [0.1, 0.15) is 11.9 Å². The molecule has 0 fully saturated rings. The van der Waals surface area contributed by atoms with E-state index in [1.165, 1.54) is 12.3 Å². The molecule has 120 valence electrons.